The molecule has 0 spiro atoms. The largest absolute Gasteiger partial charge is 0.476 e. The van der Waals surface area contributed by atoms with Crippen LogP contribution >= 0.6 is 11.3 Å². The number of halogens is 2. The molecule has 0 saturated carbocycles. The molecule has 1 aromatic carbocycles. The van der Waals surface area contributed by atoms with Gasteiger partial charge < -0.3 is 15.3 Å². The Kier molecular flexibility index (Phi) is 5.64. The average Bonchev–Trinajstić information content (AvgIpc) is 3.20. The maximum absolute atomic E-state index is 13.6. The number of carbonyl (C=O) groups is 1. The molecule has 1 saturated heterocycles. The van der Waals surface area contributed by atoms with Crippen LogP contribution in [0.3, 0.4) is 0 Å². The molecule has 166 valence electrons. The van der Waals surface area contributed by atoms with Crippen LogP contribution in [-0.4, -0.2) is 45.0 Å². The van der Waals surface area contributed by atoms with E-state index in [1.54, 1.807) is 4.90 Å². The fourth-order valence-corrected chi connectivity index (χ4v) is 4.53. The maximum Gasteiger partial charge on any atom is 0.357 e. The summed E-state index contributed by atoms with van der Waals surface area (Å²) in [5.41, 5.74) is 4.18. The highest BCUT2D eigenvalue weighted by Crippen LogP contribution is 2.34. The third kappa shape index (κ3) is 4.18. The molecule has 11 heteroatoms. The summed E-state index contributed by atoms with van der Waals surface area (Å²) >= 11 is 1.18. The van der Waals surface area contributed by atoms with Crippen LogP contribution in [0.5, 0.6) is 0 Å². The lowest BCUT2D eigenvalue weighted by Crippen LogP contribution is -2.40. The fourth-order valence-electron chi connectivity index (χ4n) is 3.77. The molecule has 0 radical (unpaired) electrons. The summed E-state index contributed by atoms with van der Waals surface area (Å²) in [6, 6.07) is 5.41. The van der Waals surface area contributed by atoms with Crippen molar-refractivity contribution in [3.63, 3.8) is 0 Å². The van der Waals surface area contributed by atoms with E-state index in [2.05, 4.69) is 15.3 Å². The van der Waals surface area contributed by atoms with Gasteiger partial charge in [0.15, 0.2) is 17.2 Å². The Hall–Kier alpha value is -3.39. The van der Waals surface area contributed by atoms with Crippen molar-refractivity contribution in [3.8, 4) is 6.07 Å². The second-order valence-corrected chi connectivity index (χ2v) is 8.63. The minimum absolute atomic E-state index is 0.0633. The summed E-state index contributed by atoms with van der Waals surface area (Å²) in [5, 5.41) is 22.5. The lowest BCUT2D eigenvalue weighted by atomic mass is 10.0. The molecule has 4 rings (SSSR count). The SMILES string of the molecule is Cc1cc(C(C)Nc2scnc2C(=O)O)c2nc(N3CCC(F)(F)CC3)c(C#N)nc2c1. The Balaban J connectivity index is 1.76. The van der Waals surface area contributed by atoms with Crippen LogP contribution in [0.15, 0.2) is 17.6 Å². The molecule has 3 aromatic rings. The van der Waals surface area contributed by atoms with Crippen molar-refractivity contribution in [2.75, 3.05) is 23.3 Å². The Labute approximate surface area is 186 Å². The number of alkyl halides is 2. The number of thiazole rings is 1. The van der Waals surface area contributed by atoms with Gasteiger partial charge >= 0.3 is 5.97 Å². The van der Waals surface area contributed by atoms with Gasteiger partial charge in [-0.2, -0.15) is 5.26 Å². The number of hydrogen-bond donors (Lipinski definition) is 2. The van der Waals surface area contributed by atoms with Gasteiger partial charge in [-0.15, -0.1) is 11.3 Å². The van der Waals surface area contributed by atoms with Crippen LogP contribution in [0, 0.1) is 18.3 Å². The topological polar surface area (TPSA) is 115 Å². The van der Waals surface area contributed by atoms with Gasteiger partial charge in [-0.1, -0.05) is 6.07 Å². The van der Waals surface area contributed by atoms with Crippen LogP contribution in [-0.2, 0) is 0 Å². The molecule has 0 bridgehead atoms. The second kappa shape index (κ2) is 8.27. The number of aryl methyl sites for hydroxylation is 1. The number of rotatable bonds is 5. The Morgan fingerprint density at radius 1 is 1.34 bits per heavy atom. The molecular formula is C21H20F2N6O2S. The van der Waals surface area contributed by atoms with Gasteiger partial charge in [0.1, 0.15) is 11.1 Å². The van der Waals surface area contributed by atoms with Gasteiger partial charge in [-0.3, -0.25) is 0 Å². The summed E-state index contributed by atoms with van der Waals surface area (Å²) in [4.78, 5) is 26.1. The molecule has 1 unspecified atom stereocenters. The first-order valence-corrected chi connectivity index (χ1v) is 10.8. The molecule has 1 atom stereocenters. The molecule has 0 amide bonds. The van der Waals surface area contributed by atoms with E-state index in [1.807, 2.05) is 32.0 Å². The van der Waals surface area contributed by atoms with E-state index in [4.69, 9.17) is 4.98 Å². The van der Waals surface area contributed by atoms with Crippen molar-refractivity contribution >= 4 is 39.2 Å². The molecule has 8 nitrogen and oxygen atoms in total. The first-order chi connectivity index (χ1) is 15.2. The van der Waals surface area contributed by atoms with Crippen LogP contribution in [0.2, 0.25) is 0 Å². The number of piperidine rings is 1. The van der Waals surface area contributed by atoms with E-state index in [0.29, 0.717) is 16.0 Å². The van der Waals surface area contributed by atoms with Crippen LogP contribution in [0.25, 0.3) is 11.0 Å². The second-order valence-electron chi connectivity index (χ2n) is 7.77. The first-order valence-electron chi connectivity index (χ1n) is 9.97. The fraction of sp³-hybridized carbons (Fsp3) is 0.381. The molecule has 1 aliphatic heterocycles. The highest BCUT2D eigenvalue weighted by atomic mass is 32.1. The van der Waals surface area contributed by atoms with Gasteiger partial charge in [0.2, 0.25) is 0 Å². The molecule has 3 heterocycles. The van der Waals surface area contributed by atoms with Crippen molar-refractivity contribution < 1.29 is 18.7 Å². The van der Waals surface area contributed by atoms with Crippen molar-refractivity contribution in [2.24, 2.45) is 0 Å². The molecule has 2 N–H and O–H groups in total. The van der Waals surface area contributed by atoms with Gasteiger partial charge in [0.25, 0.3) is 5.92 Å². The molecule has 1 aliphatic rings. The Morgan fingerprint density at radius 2 is 2.06 bits per heavy atom. The maximum atomic E-state index is 13.6. The zero-order valence-electron chi connectivity index (χ0n) is 17.4. The van der Waals surface area contributed by atoms with Crippen LogP contribution in [0.4, 0.5) is 19.6 Å². The minimum Gasteiger partial charge on any atom is -0.476 e. The lowest BCUT2D eigenvalue weighted by Gasteiger charge is -2.33. The van der Waals surface area contributed by atoms with Crippen molar-refractivity contribution in [1.82, 2.24) is 15.0 Å². The van der Waals surface area contributed by atoms with E-state index in [0.717, 1.165) is 11.1 Å². The number of nitriles is 1. The standard InChI is InChI=1S/C21H20F2N6O2S/c1-11-7-13(12(2)26-19-17(20(30)31)25-10-32-19)16-14(8-11)27-15(9-24)18(28-16)29-5-3-21(22,23)4-6-29/h7-8,10,12,26H,3-6H2,1-2H3,(H,30,31). The lowest BCUT2D eigenvalue weighted by molar-refractivity contribution is -0.0221. The van der Waals surface area contributed by atoms with Gasteiger partial charge in [0.05, 0.1) is 22.6 Å². The predicted octanol–water partition coefficient (Wildman–Crippen LogP) is 4.37. The molecule has 2 aromatic heterocycles. The van der Waals surface area contributed by atoms with Crippen molar-refractivity contribution in [1.29, 1.82) is 5.26 Å². The summed E-state index contributed by atoms with van der Waals surface area (Å²) in [7, 11) is 0. The smallest absolute Gasteiger partial charge is 0.357 e. The zero-order chi connectivity index (χ0) is 23.0. The zero-order valence-corrected chi connectivity index (χ0v) is 18.2. The van der Waals surface area contributed by atoms with E-state index in [-0.39, 0.29) is 49.2 Å². The number of nitrogens with one attached hydrogen (secondary N) is 1. The van der Waals surface area contributed by atoms with E-state index in [9.17, 15) is 23.9 Å². The number of carboxylic acid groups (broad SMARTS) is 1. The summed E-state index contributed by atoms with van der Waals surface area (Å²) < 4.78 is 27.3. The number of aromatic nitrogens is 3. The van der Waals surface area contributed by atoms with Gasteiger partial charge in [-0.05, 0) is 25.5 Å². The number of aromatic carboxylic acids is 1. The highest BCUT2D eigenvalue weighted by Gasteiger charge is 2.35. The third-order valence-electron chi connectivity index (χ3n) is 5.41. The van der Waals surface area contributed by atoms with Crippen molar-refractivity contribution in [2.45, 2.75) is 38.7 Å². The van der Waals surface area contributed by atoms with E-state index in [1.165, 1.54) is 16.8 Å². The normalized spacial score (nSPS) is 16.5. The van der Waals surface area contributed by atoms with E-state index < -0.39 is 11.9 Å². The minimum atomic E-state index is -2.72. The first kappa shape index (κ1) is 21.8. The average molecular weight is 458 g/mol. The highest BCUT2D eigenvalue weighted by molar-refractivity contribution is 7.14. The Morgan fingerprint density at radius 3 is 2.72 bits per heavy atom. The Bertz CT molecular complexity index is 1230. The number of nitrogens with zero attached hydrogens (tertiary/aromatic N) is 5. The van der Waals surface area contributed by atoms with Gasteiger partial charge in [-0.25, -0.2) is 28.5 Å². The van der Waals surface area contributed by atoms with E-state index >= 15 is 0 Å². The molecule has 0 aliphatic carbocycles. The summed E-state index contributed by atoms with van der Waals surface area (Å²) in [6.07, 6.45) is -0.612. The van der Waals surface area contributed by atoms with Crippen LogP contribution < -0.4 is 10.2 Å². The number of benzene rings is 1. The van der Waals surface area contributed by atoms with Crippen molar-refractivity contribution in [3.05, 3.63) is 40.2 Å². The summed E-state index contributed by atoms with van der Waals surface area (Å²) in [5.74, 6) is -3.56. The number of fused-ring (bicyclic) bond motifs is 1. The third-order valence-corrected chi connectivity index (χ3v) is 6.17. The van der Waals surface area contributed by atoms with Crippen LogP contribution in [0.1, 0.15) is 53.1 Å². The number of anilines is 2. The molecule has 32 heavy (non-hydrogen) atoms. The summed E-state index contributed by atoms with van der Waals surface area (Å²) in [6.45, 7) is 3.92. The quantitative estimate of drug-likeness (QED) is 0.579. The monoisotopic (exact) mass is 458 g/mol. The number of carboxylic acids is 1. The predicted molar refractivity (Wildman–Crippen MR) is 116 cm³/mol. The molecular weight excluding hydrogens is 438 g/mol. The molecule has 1 fully saturated rings. The number of hydrogen-bond acceptors (Lipinski definition) is 8. The van der Waals surface area contributed by atoms with Gasteiger partial charge in [0, 0.05) is 31.5 Å².